The van der Waals surface area contributed by atoms with Gasteiger partial charge in [0.2, 0.25) is 0 Å². The van der Waals surface area contributed by atoms with Gasteiger partial charge in [-0.3, -0.25) is 4.79 Å². The monoisotopic (exact) mass is 344 g/mol. The Morgan fingerprint density at radius 2 is 2.35 bits per heavy atom. The van der Waals surface area contributed by atoms with E-state index in [1.807, 2.05) is 6.92 Å². The van der Waals surface area contributed by atoms with Crippen LogP contribution in [0, 0.1) is 5.82 Å². The third-order valence-corrected chi connectivity index (χ3v) is 3.98. The molecule has 0 bridgehead atoms. The van der Waals surface area contributed by atoms with Gasteiger partial charge >= 0.3 is 0 Å². The largest absolute Gasteiger partial charge is 0.481 e. The minimum atomic E-state index is -0.485. The lowest BCUT2D eigenvalue weighted by atomic mass is 9.99. The summed E-state index contributed by atoms with van der Waals surface area (Å²) in [4.78, 5) is 13.8. The molecule has 4 nitrogen and oxygen atoms in total. The Labute approximate surface area is 126 Å². The lowest BCUT2D eigenvalue weighted by molar-refractivity contribution is -0.136. The van der Waals surface area contributed by atoms with Gasteiger partial charge in [-0.1, -0.05) is 15.9 Å². The number of amides is 1. The van der Waals surface area contributed by atoms with Gasteiger partial charge in [0.15, 0.2) is 18.2 Å². The van der Waals surface area contributed by atoms with Crippen molar-refractivity contribution >= 4 is 21.8 Å². The van der Waals surface area contributed by atoms with Gasteiger partial charge in [0.25, 0.3) is 5.91 Å². The van der Waals surface area contributed by atoms with Gasteiger partial charge in [0.1, 0.15) is 0 Å². The van der Waals surface area contributed by atoms with E-state index in [0.717, 1.165) is 12.8 Å². The summed E-state index contributed by atoms with van der Waals surface area (Å²) in [5.74, 6) is -0.532. The van der Waals surface area contributed by atoms with Crippen LogP contribution in [0.15, 0.2) is 22.7 Å². The average molecular weight is 345 g/mol. The van der Waals surface area contributed by atoms with Gasteiger partial charge in [0.05, 0.1) is 0 Å². The van der Waals surface area contributed by atoms with Crippen LogP contribution in [-0.2, 0) is 4.79 Å². The van der Waals surface area contributed by atoms with Crippen molar-refractivity contribution in [3.63, 3.8) is 0 Å². The highest BCUT2D eigenvalue weighted by molar-refractivity contribution is 9.10. The Kier molecular flexibility index (Phi) is 4.99. The second-order valence-corrected chi connectivity index (χ2v) is 6.00. The van der Waals surface area contributed by atoms with E-state index in [9.17, 15) is 9.18 Å². The number of benzene rings is 1. The highest BCUT2D eigenvalue weighted by Crippen LogP contribution is 2.22. The van der Waals surface area contributed by atoms with Gasteiger partial charge in [-0.05, 0) is 38.0 Å². The predicted molar refractivity (Wildman–Crippen MR) is 78.0 cm³/mol. The molecule has 0 unspecified atom stereocenters. The van der Waals surface area contributed by atoms with Crippen LogP contribution in [0.1, 0.15) is 19.8 Å². The van der Waals surface area contributed by atoms with Crippen LogP contribution in [0.25, 0.3) is 0 Å². The number of likely N-dealkylation sites (tertiary alicyclic amines) is 1. The van der Waals surface area contributed by atoms with Crippen LogP contribution in [0.4, 0.5) is 4.39 Å². The molecule has 110 valence electrons. The number of halogens is 2. The van der Waals surface area contributed by atoms with Crippen molar-refractivity contribution in [2.75, 3.05) is 13.2 Å². The van der Waals surface area contributed by atoms with Crippen LogP contribution in [0.2, 0.25) is 0 Å². The van der Waals surface area contributed by atoms with Crippen molar-refractivity contribution < 1.29 is 13.9 Å². The third-order valence-electron chi connectivity index (χ3n) is 3.48. The topological polar surface area (TPSA) is 55.6 Å². The van der Waals surface area contributed by atoms with Crippen molar-refractivity contribution in [2.24, 2.45) is 5.73 Å². The number of carbonyl (C=O) groups is 1. The van der Waals surface area contributed by atoms with Crippen LogP contribution < -0.4 is 10.5 Å². The van der Waals surface area contributed by atoms with Crippen molar-refractivity contribution in [1.82, 2.24) is 4.90 Å². The lowest BCUT2D eigenvalue weighted by Gasteiger charge is -2.36. The molecule has 2 rings (SSSR count). The highest BCUT2D eigenvalue weighted by atomic mass is 79.9. The molecule has 1 aliphatic rings. The van der Waals surface area contributed by atoms with Crippen LogP contribution in [0.3, 0.4) is 0 Å². The van der Waals surface area contributed by atoms with Crippen LogP contribution in [-0.4, -0.2) is 36.0 Å². The first kappa shape index (κ1) is 15.3. The maximum absolute atomic E-state index is 13.6. The lowest BCUT2D eigenvalue weighted by Crippen LogP contribution is -2.49. The van der Waals surface area contributed by atoms with E-state index in [0.29, 0.717) is 11.0 Å². The minimum absolute atomic E-state index is 0.0860. The van der Waals surface area contributed by atoms with Crippen LogP contribution >= 0.6 is 15.9 Å². The first-order chi connectivity index (χ1) is 9.47. The zero-order chi connectivity index (χ0) is 14.7. The number of piperidine rings is 1. The Morgan fingerprint density at radius 3 is 3.00 bits per heavy atom. The highest BCUT2D eigenvalue weighted by Gasteiger charge is 2.27. The molecule has 0 spiro atoms. The Morgan fingerprint density at radius 1 is 1.60 bits per heavy atom. The number of hydrogen-bond acceptors (Lipinski definition) is 3. The van der Waals surface area contributed by atoms with Gasteiger partial charge in [-0.15, -0.1) is 0 Å². The van der Waals surface area contributed by atoms with E-state index in [2.05, 4.69) is 15.9 Å². The third kappa shape index (κ3) is 3.70. The minimum Gasteiger partial charge on any atom is -0.481 e. The van der Waals surface area contributed by atoms with Crippen molar-refractivity contribution in [1.29, 1.82) is 0 Å². The van der Waals surface area contributed by atoms with E-state index in [1.165, 1.54) is 12.1 Å². The molecule has 1 heterocycles. The first-order valence-corrected chi connectivity index (χ1v) is 7.39. The molecule has 1 aromatic rings. The maximum atomic E-state index is 13.6. The predicted octanol–water partition coefficient (Wildman–Crippen LogP) is 2.31. The van der Waals surface area contributed by atoms with E-state index < -0.39 is 5.82 Å². The quantitative estimate of drug-likeness (QED) is 0.915. The number of nitrogens with zero attached hydrogens (tertiary/aromatic N) is 1. The first-order valence-electron chi connectivity index (χ1n) is 6.60. The number of rotatable bonds is 3. The SMILES string of the molecule is C[C@H]1C[C@H](N)CCN1C(=O)COc1ccc(Br)cc1F. The number of carbonyl (C=O) groups excluding carboxylic acids is 1. The number of hydrogen-bond donors (Lipinski definition) is 1. The Balaban J connectivity index is 1.92. The van der Waals surface area contributed by atoms with Gasteiger partial charge < -0.3 is 15.4 Å². The molecule has 1 saturated heterocycles. The molecule has 1 aliphatic heterocycles. The van der Waals surface area contributed by atoms with E-state index in [4.69, 9.17) is 10.5 Å². The van der Waals surface area contributed by atoms with E-state index in [-0.39, 0.29) is 30.3 Å². The molecular weight excluding hydrogens is 327 g/mol. The zero-order valence-electron chi connectivity index (χ0n) is 11.3. The van der Waals surface area contributed by atoms with Crippen LogP contribution in [0.5, 0.6) is 5.75 Å². The molecular formula is C14H18BrFN2O2. The van der Waals surface area contributed by atoms with E-state index in [1.54, 1.807) is 11.0 Å². The Bertz CT molecular complexity index is 498. The standard InChI is InChI=1S/C14H18BrFN2O2/c1-9-6-11(17)4-5-18(9)14(19)8-20-13-3-2-10(15)7-12(13)16/h2-3,7,9,11H,4-6,8,17H2,1H3/t9-,11+/m0/s1. The second kappa shape index (κ2) is 6.54. The molecule has 0 radical (unpaired) electrons. The summed E-state index contributed by atoms with van der Waals surface area (Å²) < 4.78 is 19.5. The summed E-state index contributed by atoms with van der Waals surface area (Å²) in [7, 11) is 0. The summed E-state index contributed by atoms with van der Waals surface area (Å²) in [6.07, 6.45) is 1.58. The van der Waals surface area contributed by atoms with Crippen molar-refractivity contribution in [3.8, 4) is 5.75 Å². The second-order valence-electron chi connectivity index (χ2n) is 5.08. The van der Waals surface area contributed by atoms with Crippen molar-refractivity contribution in [3.05, 3.63) is 28.5 Å². The van der Waals surface area contributed by atoms with Gasteiger partial charge in [-0.25, -0.2) is 4.39 Å². The molecule has 1 aromatic carbocycles. The molecule has 0 aliphatic carbocycles. The molecule has 6 heteroatoms. The fourth-order valence-corrected chi connectivity index (χ4v) is 2.73. The molecule has 20 heavy (non-hydrogen) atoms. The van der Waals surface area contributed by atoms with Gasteiger partial charge in [0, 0.05) is 23.1 Å². The van der Waals surface area contributed by atoms with E-state index >= 15 is 0 Å². The van der Waals surface area contributed by atoms with Crippen molar-refractivity contribution in [2.45, 2.75) is 31.8 Å². The summed E-state index contributed by atoms with van der Waals surface area (Å²) in [6, 6.07) is 4.74. The zero-order valence-corrected chi connectivity index (χ0v) is 12.9. The number of ether oxygens (including phenoxy) is 1. The fraction of sp³-hybridized carbons (Fsp3) is 0.500. The molecule has 1 amide bonds. The molecule has 0 aromatic heterocycles. The van der Waals surface area contributed by atoms with Gasteiger partial charge in [-0.2, -0.15) is 0 Å². The normalized spacial score (nSPS) is 22.7. The summed E-state index contributed by atoms with van der Waals surface area (Å²) in [6.45, 7) is 2.45. The smallest absolute Gasteiger partial charge is 0.260 e. The maximum Gasteiger partial charge on any atom is 0.260 e. The molecule has 1 fully saturated rings. The number of nitrogens with two attached hydrogens (primary N) is 1. The molecule has 0 saturated carbocycles. The molecule has 2 atom stereocenters. The summed E-state index contributed by atoms with van der Waals surface area (Å²) >= 11 is 3.17. The molecule has 2 N–H and O–H groups in total. The average Bonchev–Trinajstić information content (AvgIpc) is 2.37. The summed E-state index contributed by atoms with van der Waals surface area (Å²) in [5, 5.41) is 0. The summed E-state index contributed by atoms with van der Waals surface area (Å²) in [5.41, 5.74) is 5.86. The Hall–Kier alpha value is -1.14. The fourth-order valence-electron chi connectivity index (χ4n) is 2.39.